The van der Waals surface area contributed by atoms with Gasteiger partial charge in [0, 0.05) is 31.1 Å². The third kappa shape index (κ3) is 3.50. The first-order valence-electron chi connectivity index (χ1n) is 11.7. The van der Waals surface area contributed by atoms with Crippen LogP contribution in [0.5, 0.6) is 0 Å². The molecule has 0 radical (unpaired) electrons. The molecule has 4 aliphatic rings. The summed E-state index contributed by atoms with van der Waals surface area (Å²) in [5.41, 5.74) is 2.48. The Kier molecular flexibility index (Phi) is 4.97. The molecule has 1 spiro atoms. The predicted molar refractivity (Wildman–Crippen MR) is 124 cm³/mol. The van der Waals surface area contributed by atoms with Crippen LogP contribution in [0.15, 0.2) is 53.8 Å². The summed E-state index contributed by atoms with van der Waals surface area (Å²) >= 11 is 7.15. The molecule has 1 saturated carbocycles. The number of ketones is 2. The molecule has 2 atom stereocenters. The third-order valence-corrected chi connectivity index (χ3v) is 8.27. The van der Waals surface area contributed by atoms with Crippen molar-refractivity contribution in [1.29, 1.82) is 0 Å². The Morgan fingerprint density at radius 3 is 2.45 bits per heavy atom. The molecule has 164 valence electrons. The lowest BCUT2D eigenvalue weighted by Crippen LogP contribution is -2.63. The largest absolute Gasteiger partial charge is 0.367 e. The standard InChI is InChI=1S/C27H32ClNO2/c1-25(2)17-23(30)27(24(31)18-25)15-20-11-12-26(28,14-19-8-4-3-5-9-19)16-21(20)29-13-7-6-10-22(27)29/h3-5,8-9,11,16,22H,6-7,10,12-15,17-18H2,1-2H3. The summed E-state index contributed by atoms with van der Waals surface area (Å²) in [6.07, 6.45) is 10.6. The number of rotatable bonds is 2. The number of carbonyl (C=O) groups excluding carboxylic acids is 2. The van der Waals surface area contributed by atoms with E-state index >= 15 is 0 Å². The SMILES string of the molecule is CC1(C)CC(=O)C2(CC3=CCC(Cl)(Cc4ccccc4)C=C3N3CCCCC32)C(=O)C1. The molecule has 2 unspecified atom stereocenters. The van der Waals surface area contributed by atoms with Crippen molar-refractivity contribution in [3.8, 4) is 0 Å². The highest BCUT2D eigenvalue weighted by Crippen LogP contribution is 2.55. The van der Waals surface area contributed by atoms with E-state index in [1.54, 1.807) is 0 Å². The summed E-state index contributed by atoms with van der Waals surface area (Å²) in [4.78, 5) is 29.1. The van der Waals surface area contributed by atoms with Crippen LogP contribution in [0.4, 0.5) is 0 Å². The summed E-state index contributed by atoms with van der Waals surface area (Å²) < 4.78 is 0. The zero-order valence-corrected chi connectivity index (χ0v) is 19.4. The maximum absolute atomic E-state index is 13.6. The van der Waals surface area contributed by atoms with Crippen LogP contribution in [0.25, 0.3) is 0 Å². The normalized spacial score (nSPS) is 31.6. The van der Waals surface area contributed by atoms with Gasteiger partial charge < -0.3 is 4.90 Å². The van der Waals surface area contributed by atoms with E-state index in [0.717, 1.165) is 44.2 Å². The Morgan fingerprint density at radius 2 is 1.74 bits per heavy atom. The number of nitrogens with zero attached hydrogens (tertiary/aromatic N) is 1. The highest BCUT2D eigenvalue weighted by Gasteiger charge is 2.61. The van der Waals surface area contributed by atoms with Crippen LogP contribution in [0.2, 0.25) is 0 Å². The van der Waals surface area contributed by atoms with E-state index in [0.29, 0.717) is 19.3 Å². The maximum Gasteiger partial charge on any atom is 0.149 e. The average molecular weight is 438 g/mol. The number of piperidine rings is 2. The minimum atomic E-state index is -0.856. The summed E-state index contributed by atoms with van der Waals surface area (Å²) in [6.45, 7) is 5.00. The summed E-state index contributed by atoms with van der Waals surface area (Å²) in [6, 6.07) is 10.4. The minimum Gasteiger partial charge on any atom is -0.367 e. The monoisotopic (exact) mass is 437 g/mol. The molecule has 1 aromatic carbocycles. The first-order valence-corrected chi connectivity index (χ1v) is 12.1. The predicted octanol–water partition coefficient (Wildman–Crippen LogP) is 5.62. The maximum atomic E-state index is 13.6. The minimum absolute atomic E-state index is 0.0171. The number of fused-ring (bicyclic) bond motifs is 4. The zero-order valence-electron chi connectivity index (χ0n) is 18.6. The molecule has 0 aromatic heterocycles. The van der Waals surface area contributed by atoms with Crippen LogP contribution >= 0.6 is 11.6 Å². The van der Waals surface area contributed by atoms with Crippen molar-refractivity contribution in [3.63, 3.8) is 0 Å². The van der Waals surface area contributed by atoms with E-state index in [9.17, 15) is 9.59 Å². The molecule has 3 fully saturated rings. The Labute approximate surface area is 190 Å². The van der Waals surface area contributed by atoms with Gasteiger partial charge in [-0.05, 0) is 61.2 Å². The van der Waals surface area contributed by atoms with Gasteiger partial charge in [0.2, 0.25) is 0 Å². The number of benzene rings is 1. The van der Waals surface area contributed by atoms with Gasteiger partial charge in [0.1, 0.15) is 17.0 Å². The summed E-state index contributed by atoms with van der Waals surface area (Å²) in [7, 11) is 0. The Morgan fingerprint density at radius 1 is 1.03 bits per heavy atom. The number of hydrogen-bond donors (Lipinski definition) is 0. The molecule has 2 aliphatic heterocycles. The number of alkyl halides is 1. The van der Waals surface area contributed by atoms with Crippen LogP contribution in [-0.4, -0.2) is 33.9 Å². The molecule has 5 rings (SSSR count). The summed E-state index contributed by atoms with van der Waals surface area (Å²) in [5.74, 6) is 0.329. The van der Waals surface area contributed by atoms with Crippen molar-refractivity contribution < 1.29 is 9.59 Å². The van der Waals surface area contributed by atoms with Gasteiger partial charge in [0.25, 0.3) is 0 Å². The molecule has 2 heterocycles. The van der Waals surface area contributed by atoms with Gasteiger partial charge >= 0.3 is 0 Å². The highest BCUT2D eigenvalue weighted by atomic mass is 35.5. The Hall–Kier alpha value is -1.87. The fourth-order valence-corrected chi connectivity index (χ4v) is 6.74. The lowest BCUT2D eigenvalue weighted by molar-refractivity contribution is -0.155. The molecule has 0 N–H and O–H groups in total. The van der Waals surface area contributed by atoms with Crippen LogP contribution in [0.3, 0.4) is 0 Å². The second-order valence-corrected chi connectivity index (χ2v) is 11.6. The molecule has 4 heteroatoms. The molecular formula is C27H32ClNO2. The topological polar surface area (TPSA) is 37.4 Å². The average Bonchev–Trinajstić information content (AvgIpc) is 2.72. The number of halogens is 1. The molecule has 2 aliphatic carbocycles. The van der Waals surface area contributed by atoms with Crippen LogP contribution < -0.4 is 0 Å². The van der Waals surface area contributed by atoms with Gasteiger partial charge in [-0.1, -0.05) is 50.3 Å². The van der Waals surface area contributed by atoms with Gasteiger partial charge in [0.05, 0.1) is 4.87 Å². The van der Waals surface area contributed by atoms with Crippen LogP contribution in [-0.2, 0) is 16.0 Å². The number of Topliss-reactive ketones (excluding diaryl/α,β-unsaturated/α-hetero) is 2. The second-order valence-electron chi connectivity index (χ2n) is 10.9. The smallest absolute Gasteiger partial charge is 0.149 e. The second kappa shape index (κ2) is 7.33. The third-order valence-electron chi connectivity index (χ3n) is 7.88. The lowest BCUT2D eigenvalue weighted by atomic mass is 9.55. The quantitative estimate of drug-likeness (QED) is 0.445. The van der Waals surface area contributed by atoms with E-state index in [4.69, 9.17) is 11.6 Å². The van der Waals surface area contributed by atoms with Gasteiger partial charge in [-0.15, -0.1) is 11.6 Å². The molecule has 3 nitrogen and oxygen atoms in total. The summed E-state index contributed by atoms with van der Waals surface area (Å²) in [5, 5.41) is 0. The van der Waals surface area contributed by atoms with E-state index in [-0.39, 0.29) is 23.0 Å². The van der Waals surface area contributed by atoms with E-state index in [1.165, 1.54) is 11.3 Å². The fourth-order valence-electron chi connectivity index (χ4n) is 6.40. The number of carbonyl (C=O) groups is 2. The van der Waals surface area contributed by atoms with Crippen molar-refractivity contribution in [2.75, 3.05) is 6.54 Å². The first kappa shape index (κ1) is 21.0. The fraction of sp³-hybridized carbons (Fsp3) is 0.556. The zero-order chi connectivity index (χ0) is 21.9. The van der Waals surface area contributed by atoms with E-state index in [2.05, 4.69) is 41.3 Å². The Balaban J connectivity index is 1.52. The molecule has 0 amide bonds. The lowest BCUT2D eigenvalue weighted by Gasteiger charge is -2.56. The van der Waals surface area contributed by atoms with Crippen molar-refractivity contribution in [2.45, 2.75) is 76.1 Å². The van der Waals surface area contributed by atoms with Crippen molar-refractivity contribution in [3.05, 3.63) is 59.3 Å². The van der Waals surface area contributed by atoms with Crippen molar-refractivity contribution >= 4 is 23.2 Å². The molecule has 0 bridgehead atoms. The number of hydrogen-bond acceptors (Lipinski definition) is 3. The highest BCUT2D eigenvalue weighted by molar-refractivity contribution is 6.25. The van der Waals surface area contributed by atoms with E-state index < -0.39 is 10.3 Å². The van der Waals surface area contributed by atoms with Gasteiger partial charge in [0.15, 0.2) is 0 Å². The molecule has 2 saturated heterocycles. The van der Waals surface area contributed by atoms with E-state index in [1.807, 2.05) is 19.9 Å². The first-order chi connectivity index (χ1) is 14.7. The van der Waals surface area contributed by atoms with Crippen LogP contribution in [0, 0.1) is 10.8 Å². The van der Waals surface area contributed by atoms with Gasteiger partial charge in [-0.3, -0.25) is 9.59 Å². The van der Waals surface area contributed by atoms with Crippen LogP contribution in [0.1, 0.15) is 64.4 Å². The molecule has 1 aromatic rings. The molecule has 31 heavy (non-hydrogen) atoms. The van der Waals surface area contributed by atoms with Crippen molar-refractivity contribution in [2.24, 2.45) is 10.8 Å². The number of allylic oxidation sites excluding steroid dienone is 3. The Bertz CT molecular complexity index is 956. The molecular weight excluding hydrogens is 406 g/mol. The van der Waals surface area contributed by atoms with Gasteiger partial charge in [-0.25, -0.2) is 0 Å². The van der Waals surface area contributed by atoms with Gasteiger partial charge in [-0.2, -0.15) is 0 Å². The van der Waals surface area contributed by atoms with Crippen molar-refractivity contribution in [1.82, 2.24) is 4.90 Å².